The van der Waals surface area contributed by atoms with Crippen LogP contribution >= 0.6 is 0 Å². The molecular weight excluding hydrogens is 336 g/mol. The van der Waals surface area contributed by atoms with Gasteiger partial charge in [-0.15, -0.1) is 0 Å². The first-order valence-electron chi connectivity index (χ1n) is 7.85. The molecule has 8 heteroatoms. The number of hydrogen-bond donors (Lipinski definition) is 3. The maximum absolute atomic E-state index is 11.2. The molecule has 0 radical (unpaired) electrons. The molecule has 3 rings (SSSR count). The predicted octanol–water partition coefficient (Wildman–Crippen LogP) is 3.06. The van der Waals surface area contributed by atoms with E-state index in [1.165, 1.54) is 7.11 Å². The van der Waals surface area contributed by atoms with Gasteiger partial charge in [0, 0.05) is 18.4 Å². The van der Waals surface area contributed by atoms with E-state index in [1.807, 2.05) is 23.7 Å². The third kappa shape index (κ3) is 3.59. The number of carboxylic acid groups (broad SMARTS) is 1. The van der Waals surface area contributed by atoms with Gasteiger partial charge in [-0.25, -0.2) is 14.6 Å². The summed E-state index contributed by atoms with van der Waals surface area (Å²) in [5.74, 6) is -0.197. The Morgan fingerprint density at radius 2 is 1.85 bits per heavy atom. The molecule has 1 heterocycles. The van der Waals surface area contributed by atoms with Crippen molar-refractivity contribution in [3.8, 4) is 0 Å². The second kappa shape index (κ2) is 7.14. The largest absolute Gasteiger partial charge is 0.478 e. The Morgan fingerprint density at radius 1 is 1.15 bits per heavy atom. The first-order chi connectivity index (χ1) is 12.5. The quantitative estimate of drug-likeness (QED) is 0.650. The fourth-order valence-corrected chi connectivity index (χ4v) is 2.56. The van der Waals surface area contributed by atoms with E-state index >= 15 is 0 Å². The number of aromatic carboxylic acids is 1. The number of rotatable bonds is 5. The van der Waals surface area contributed by atoms with Gasteiger partial charge in [-0.05, 0) is 42.5 Å². The van der Waals surface area contributed by atoms with Crippen LogP contribution in [0.5, 0.6) is 0 Å². The smallest absolute Gasteiger partial charge is 0.411 e. The number of nitrogens with one attached hydrogen (secondary N) is 2. The van der Waals surface area contributed by atoms with Gasteiger partial charge in [0.2, 0.25) is 0 Å². The summed E-state index contributed by atoms with van der Waals surface area (Å²) in [6.07, 6.45) is -0.522. The van der Waals surface area contributed by atoms with Crippen LogP contribution in [0.1, 0.15) is 16.2 Å². The first kappa shape index (κ1) is 17.3. The fraction of sp³-hybridized carbons (Fsp3) is 0.167. The van der Waals surface area contributed by atoms with E-state index in [1.54, 1.807) is 30.3 Å². The molecule has 26 heavy (non-hydrogen) atoms. The van der Waals surface area contributed by atoms with Gasteiger partial charge in [-0.2, -0.15) is 0 Å². The maximum Gasteiger partial charge on any atom is 0.411 e. The number of nitrogens with zero attached hydrogens (tertiary/aromatic N) is 2. The summed E-state index contributed by atoms with van der Waals surface area (Å²) in [6, 6.07) is 12.1. The standard InChI is InChI=1S/C18H18N4O4/c1-22-15-8-3-11(17(23)24)9-14(15)21-16(22)10-19-12-4-6-13(7-5-12)20-18(25)26-2/h3-9,19H,10H2,1-2H3,(H,20,25)(H,23,24). The number of carboxylic acids is 1. The molecule has 3 aromatic rings. The molecule has 0 saturated carbocycles. The van der Waals surface area contributed by atoms with Crippen LogP contribution in [0.25, 0.3) is 11.0 Å². The van der Waals surface area contributed by atoms with Crippen LogP contribution in [-0.4, -0.2) is 33.8 Å². The normalized spacial score (nSPS) is 10.5. The lowest BCUT2D eigenvalue weighted by molar-refractivity contribution is 0.0697. The summed E-state index contributed by atoms with van der Waals surface area (Å²) in [5.41, 5.74) is 3.21. The van der Waals surface area contributed by atoms with Gasteiger partial charge in [0.05, 0.1) is 30.3 Å². The Bertz CT molecular complexity index is 963. The number of carbonyl (C=O) groups excluding carboxylic acids is 1. The van der Waals surface area contributed by atoms with Crippen molar-refractivity contribution in [1.82, 2.24) is 9.55 Å². The highest BCUT2D eigenvalue weighted by Crippen LogP contribution is 2.19. The van der Waals surface area contributed by atoms with Gasteiger partial charge in [-0.3, -0.25) is 5.32 Å². The zero-order chi connectivity index (χ0) is 18.7. The molecule has 2 aromatic carbocycles. The minimum absolute atomic E-state index is 0.212. The number of anilines is 2. The van der Waals surface area contributed by atoms with Crippen molar-refractivity contribution in [2.75, 3.05) is 17.7 Å². The molecule has 0 spiro atoms. The van der Waals surface area contributed by atoms with Crippen LogP contribution in [0.4, 0.5) is 16.2 Å². The van der Waals surface area contributed by atoms with Crippen LogP contribution in [0, 0.1) is 0 Å². The van der Waals surface area contributed by atoms with E-state index in [0.29, 0.717) is 17.7 Å². The molecule has 0 aliphatic rings. The highest BCUT2D eigenvalue weighted by Gasteiger charge is 2.11. The second-order valence-electron chi connectivity index (χ2n) is 5.64. The molecule has 0 aliphatic heterocycles. The van der Waals surface area contributed by atoms with Crippen LogP contribution in [0.3, 0.4) is 0 Å². The SMILES string of the molecule is COC(=O)Nc1ccc(NCc2nc3cc(C(=O)O)ccc3n2C)cc1. The average molecular weight is 354 g/mol. The van der Waals surface area contributed by atoms with E-state index in [0.717, 1.165) is 17.0 Å². The Labute approximate surface area is 149 Å². The minimum Gasteiger partial charge on any atom is -0.478 e. The molecule has 134 valence electrons. The Kier molecular flexibility index (Phi) is 4.74. The molecule has 1 amide bonds. The number of imidazole rings is 1. The van der Waals surface area contributed by atoms with Crippen LogP contribution in [0.2, 0.25) is 0 Å². The highest BCUT2D eigenvalue weighted by atomic mass is 16.5. The number of amides is 1. The Balaban J connectivity index is 1.72. The van der Waals surface area contributed by atoms with Crippen molar-refractivity contribution in [2.45, 2.75) is 6.54 Å². The third-order valence-corrected chi connectivity index (χ3v) is 3.99. The number of ether oxygens (including phenoxy) is 1. The van der Waals surface area contributed by atoms with Crippen LogP contribution in [-0.2, 0) is 18.3 Å². The van der Waals surface area contributed by atoms with Crippen molar-refractivity contribution in [1.29, 1.82) is 0 Å². The van der Waals surface area contributed by atoms with Gasteiger partial charge in [0.15, 0.2) is 0 Å². The van der Waals surface area contributed by atoms with E-state index in [2.05, 4.69) is 20.4 Å². The lowest BCUT2D eigenvalue weighted by atomic mass is 10.2. The van der Waals surface area contributed by atoms with Gasteiger partial charge in [0.25, 0.3) is 0 Å². The topological polar surface area (TPSA) is 105 Å². The molecule has 0 fully saturated rings. The van der Waals surface area contributed by atoms with E-state index in [9.17, 15) is 9.59 Å². The molecule has 8 nitrogen and oxygen atoms in total. The second-order valence-corrected chi connectivity index (χ2v) is 5.64. The summed E-state index contributed by atoms with van der Waals surface area (Å²) < 4.78 is 6.46. The average Bonchev–Trinajstić information content (AvgIpc) is 2.96. The maximum atomic E-state index is 11.2. The zero-order valence-corrected chi connectivity index (χ0v) is 14.3. The van der Waals surface area contributed by atoms with Crippen molar-refractivity contribution in [2.24, 2.45) is 7.05 Å². The number of carbonyl (C=O) groups is 2. The minimum atomic E-state index is -0.974. The molecule has 0 saturated heterocycles. The van der Waals surface area contributed by atoms with Gasteiger partial charge in [0.1, 0.15) is 5.82 Å². The molecule has 0 aliphatic carbocycles. The van der Waals surface area contributed by atoms with Crippen molar-refractivity contribution >= 4 is 34.5 Å². The highest BCUT2D eigenvalue weighted by molar-refractivity contribution is 5.92. The summed E-state index contributed by atoms with van der Waals surface area (Å²) in [6.45, 7) is 0.470. The molecular formula is C18H18N4O4. The number of benzene rings is 2. The van der Waals surface area contributed by atoms with Gasteiger partial charge < -0.3 is 19.7 Å². The van der Waals surface area contributed by atoms with E-state index in [-0.39, 0.29) is 5.56 Å². The number of fused-ring (bicyclic) bond motifs is 1. The molecule has 1 aromatic heterocycles. The first-order valence-corrected chi connectivity index (χ1v) is 7.85. The molecule has 0 atom stereocenters. The van der Waals surface area contributed by atoms with Crippen molar-refractivity contribution in [3.63, 3.8) is 0 Å². The Hall–Kier alpha value is -3.55. The lowest BCUT2D eigenvalue weighted by Crippen LogP contribution is -2.11. The summed E-state index contributed by atoms with van der Waals surface area (Å²) in [4.78, 5) is 26.8. The summed E-state index contributed by atoms with van der Waals surface area (Å²) in [5, 5.41) is 14.9. The number of hydrogen-bond acceptors (Lipinski definition) is 5. The molecule has 0 unspecified atom stereocenters. The fourth-order valence-electron chi connectivity index (χ4n) is 2.56. The Morgan fingerprint density at radius 3 is 2.50 bits per heavy atom. The predicted molar refractivity (Wildman–Crippen MR) is 97.5 cm³/mol. The molecule has 3 N–H and O–H groups in total. The van der Waals surface area contributed by atoms with Crippen molar-refractivity contribution < 1.29 is 19.4 Å². The molecule has 0 bridgehead atoms. The van der Waals surface area contributed by atoms with E-state index < -0.39 is 12.1 Å². The van der Waals surface area contributed by atoms with Gasteiger partial charge >= 0.3 is 12.1 Å². The number of aromatic nitrogens is 2. The van der Waals surface area contributed by atoms with Crippen LogP contribution in [0.15, 0.2) is 42.5 Å². The third-order valence-electron chi connectivity index (χ3n) is 3.99. The number of aryl methyl sites for hydroxylation is 1. The monoisotopic (exact) mass is 354 g/mol. The zero-order valence-electron chi connectivity index (χ0n) is 14.3. The van der Waals surface area contributed by atoms with Gasteiger partial charge in [-0.1, -0.05) is 0 Å². The number of methoxy groups -OCH3 is 1. The summed E-state index contributed by atoms with van der Waals surface area (Å²) >= 11 is 0. The van der Waals surface area contributed by atoms with Crippen molar-refractivity contribution in [3.05, 3.63) is 53.9 Å². The summed E-state index contributed by atoms with van der Waals surface area (Å²) in [7, 11) is 3.19. The van der Waals surface area contributed by atoms with Crippen LogP contribution < -0.4 is 10.6 Å². The van der Waals surface area contributed by atoms with E-state index in [4.69, 9.17) is 5.11 Å². The lowest BCUT2D eigenvalue weighted by Gasteiger charge is -2.08.